The maximum atomic E-state index is 14.8. The zero-order valence-electron chi connectivity index (χ0n) is 20.1. The van der Waals surface area contributed by atoms with Crippen molar-refractivity contribution in [3.05, 3.63) is 72.3 Å². The lowest BCUT2D eigenvalue weighted by Crippen LogP contribution is -2.62. The molecule has 15 heteroatoms. The molecule has 0 bridgehead atoms. The fraction of sp³-hybridized carbons (Fsp3) is 0.333. The normalized spacial score (nSPS) is 16.9. The molecule has 1 aliphatic heterocycles. The minimum atomic E-state index is -4.72. The summed E-state index contributed by atoms with van der Waals surface area (Å²) in [7, 11) is 0. The number of halogens is 6. The highest BCUT2D eigenvalue weighted by Gasteiger charge is 2.46. The molecule has 0 unspecified atom stereocenters. The monoisotopic (exact) mass is 557 g/mol. The van der Waals surface area contributed by atoms with Gasteiger partial charge in [0.1, 0.15) is 48.7 Å². The van der Waals surface area contributed by atoms with E-state index < -0.39 is 73.0 Å². The Morgan fingerprint density at radius 1 is 1.05 bits per heavy atom. The molecule has 39 heavy (non-hydrogen) atoms. The Kier molecular flexibility index (Phi) is 7.54. The molecule has 1 N–H and O–H groups in total. The number of piperazine rings is 1. The lowest BCUT2D eigenvalue weighted by molar-refractivity contribution is -0.253. The predicted molar refractivity (Wildman–Crippen MR) is 122 cm³/mol. The molecular weight excluding hydrogens is 536 g/mol. The molecule has 0 spiro atoms. The topological polar surface area (TPSA) is 101 Å². The lowest BCUT2D eigenvalue weighted by Gasteiger charge is -2.44. The quantitative estimate of drug-likeness (QED) is 0.406. The molecule has 4 rings (SSSR count). The molecule has 0 radical (unpaired) electrons. The van der Waals surface area contributed by atoms with Gasteiger partial charge >= 0.3 is 12.5 Å². The highest BCUT2D eigenvalue weighted by atomic mass is 19.3. The molecule has 2 atom stereocenters. The van der Waals surface area contributed by atoms with Crippen LogP contribution in [0, 0.1) is 11.6 Å². The van der Waals surface area contributed by atoms with Gasteiger partial charge in [0.05, 0.1) is 12.6 Å². The van der Waals surface area contributed by atoms with Crippen LogP contribution < -0.4 is 9.64 Å². The second kappa shape index (κ2) is 10.6. The number of hydrogen-bond acceptors (Lipinski definition) is 6. The van der Waals surface area contributed by atoms with Gasteiger partial charge in [-0.2, -0.15) is 22.7 Å². The smallest absolute Gasteiger partial charge is 0.428 e. The number of aromatic nitrogens is 3. The third-order valence-electron chi connectivity index (χ3n) is 6.30. The van der Waals surface area contributed by atoms with Crippen molar-refractivity contribution in [3.8, 4) is 5.75 Å². The summed E-state index contributed by atoms with van der Waals surface area (Å²) in [5.74, 6) is -3.86. The Morgan fingerprint density at radius 3 is 2.33 bits per heavy atom. The van der Waals surface area contributed by atoms with Gasteiger partial charge in [-0.1, -0.05) is 6.07 Å². The lowest BCUT2D eigenvalue weighted by atomic mass is 9.85. The fourth-order valence-corrected chi connectivity index (χ4v) is 4.22. The molecule has 2 heterocycles. The van der Waals surface area contributed by atoms with E-state index in [1.54, 1.807) is 0 Å². The van der Waals surface area contributed by atoms with Crippen LogP contribution in [0.4, 0.5) is 32.0 Å². The number of ether oxygens (including phenoxy) is 1. The van der Waals surface area contributed by atoms with E-state index in [9.17, 15) is 41.0 Å². The van der Waals surface area contributed by atoms with Crippen molar-refractivity contribution in [2.24, 2.45) is 0 Å². The molecule has 1 saturated heterocycles. The van der Waals surface area contributed by atoms with Gasteiger partial charge in [0.25, 0.3) is 0 Å². The molecule has 0 aliphatic carbocycles. The van der Waals surface area contributed by atoms with Crippen molar-refractivity contribution in [2.75, 3.05) is 18.0 Å². The molecule has 1 fully saturated rings. The van der Waals surface area contributed by atoms with Gasteiger partial charge in [-0.25, -0.2) is 18.4 Å². The van der Waals surface area contributed by atoms with Crippen molar-refractivity contribution >= 4 is 17.5 Å². The van der Waals surface area contributed by atoms with Crippen molar-refractivity contribution in [1.29, 1.82) is 0 Å². The molecule has 1 aliphatic rings. The van der Waals surface area contributed by atoms with E-state index in [0.717, 1.165) is 46.2 Å². The number of carbonyl (C=O) groups excluding carboxylic acids is 2. The molecule has 0 saturated carbocycles. The summed E-state index contributed by atoms with van der Waals surface area (Å²) in [4.78, 5) is 32.0. The molecule has 1 aromatic heterocycles. The number of alkyl halides is 4. The van der Waals surface area contributed by atoms with Crippen LogP contribution in [-0.4, -0.2) is 68.3 Å². The van der Waals surface area contributed by atoms with Gasteiger partial charge in [0.15, 0.2) is 0 Å². The average Bonchev–Trinajstić information content (AvgIpc) is 3.37. The van der Waals surface area contributed by atoms with Crippen LogP contribution in [0.1, 0.15) is 12.5 Å². The molecule has 3 aromatic rings. The highest BCUT2D eigenvalue weighted by Crippen LogP contribution is 2.34. The van der Waals surface area contributed by atoms with E-state index in [1.807, 2.05) is 0 Å². The maximum Gasteiger partial charge on any atom is 0.461 e. The van der Waals surface area contributed by atoms with Gasteiger partial charge in [-0.05, 0) is 37.3 Å². The maximum absolute atomic E-state index is 14.8. The molecule has 9 nitrogen and oxygen atoms in total. The Bertz CT molecular complexity index is 1340. The molecular formula is C24H21F6N5O4. The first-order chi connectivity index (χ1) is 18.3. The summed E-state index contributed by atoms with van der Waals surface area (Å²) in [6.45, 7) is -0.120. The second-order valence-electron chi connectivity index (χ2n) is 8.78. The third-order valence-corrected chi connectivity index (χ3v) is 6.30. The van der Waals surface area contributed by atoms with Crippen molar-refractivity contribution in [3.63, 3.8) is 0 Å². The van der Waals surface area contributed by atoms with E-state index in [2.05, 4.69) is 14.8 Å². The van der Waals surface area contributed by atoms with Crippen molar-refractivity contribution in [2.45, 2.75) is 37.6 Å². The summed E-state index contributed by atoms with van der Waals surface area (Å²) >= 11 is 0. The summed E-state index contributed by atoms with van der Waals surface area (Å²) in [6.07, 6.45) is -6.36. The van der Waals surface area contributed by atoms with Crippen LogP contribution >= 0.6 is 0 Å². The first kappa shape index (κ1) is 27.9. The van der Waals surface area contributed by atoms with Crippen LogP contribution in [0.5, 0.6) is 5.75 Å². The van der Waals surface area contributed by atoms with Crippen LogP contribution in [-0.2, 0) is 21.7 Å². The zero-order valence-corrected chi connectivity index (χ0v) is 20.1. The van der Waals surface area contributed by atoms with Gasteiger partial charge in [-0.15, -0.1) is 0 Å². The minimum Gasteiger partial charge on any atom is -0.428 e. The van der Waals surface area contributed by atoms with Gasteiger partial charge in [0.2, 0.25) is 11.8 Å². The molecule has 208 valence electrons. The van der Waals surface area contributed by atoms with Crippen LogP contribution in [0.15, 0.2) is 55.1 Å². The number of aliphatic hydroxyl groups is 1. The van der Waals surface area contributed by atoms with Crippen LogP contribution in [0.25, 0.3) is 0 Å². The number of hydrogen-bond donors (Lipinski definition) is 1. The average molecular weight is 557 g/mol. The summed E-state index contributed by atoms with van der Waals surface area (Å²) in [5.41, 5.74) is -2.43. The van der Waals surface area contributed by atoms with Crippen molar-refractivity contribution < 1.29 is 45.8 Å². The first-order valence-electron chi connectivity index (χ1n) is 11.4. The van der Waals surface area contributed by atoms with Crippen molar-refractivity contribution in [1.82, 2.24) is 19.7 Å². The van der Waals surface area contributed by atoms with E-state index in [-0.39, 0.29) is 11.3 Å². The first-order valence-corrected chi connectivity index (χ1v) is 11.4. The van der Waals surface area contributed by atoms with Crippen LogP contribution in [0.3, 0.4) is 0 Å². The number of anilines is 1. The van der Waals surface area contributed by atoms with E-state index in [0.29, 0.717) is 6.07 Å². The largest absolute Gasteiger partial charge is 0.461 e. The fourth-order valence-electron chi connectivity index (χ4n) is 4.22. The summed E-state index contributed by atoms with van der Waals surface area (Å²) in [5, 5.41) is 15.6. The minimum absolute atomic E-state index is 0.0934. The number of carbonyl (C=O) groups is 2. The van der Waals surface area contributed by atoms with E-state index in [4.69, 9.17) is 0 Å². The summed E-state index contributed by atoms with van der Waals surface area (Å²) < 4.78 is 84.6. The Labute approximate surface area is 217 Å². The summed E-state index contributed by atoms with van der Waals surface area (Å²) in [6, 6.07) is 5.46. The van der Waals surface area contributed by atoms with Gasteiger partial charge < -0.3 is 19.6 Å². The van der Waals surface area contributed by atoms with Gasteiger partial charge in [-0.3, -0.25) is 9.59 Å². The third kappa shape index (κ3) is 5.67. The predicted octanol–water partition coefficient (Wildman–Crippen LogP) is 2.94. The number of nitrogens with zero attached hydrogens (tertiary/aromatic N) is 5. The number of rotatable bonds is 9. The highest BCUT2D eigenvalue weighted by molar-refractivity contribution is 6.04. The number of benzene rings is 2. The second-order valence-corrected chi connectivity index (χ2v) is 8.78. The molecule has 2 amide bonds. The molecule has 2 aromatic carbocycles. The zero-order chi connectivity index (χ0) is 28.5. The standard InChI is InChI=1S/C24H21F6N5O4/c1-14(23(38,11-33-13-31-12-32-33)18-7-2-15(25)8-19(18)26)34-9-21(37)35(10-20(34)36)16-3-5-17(6-4-16)39-24(29,30)22(27)28/h2-8,12-14,22,38H,9-11H2,1H3/t14-,23-/m1/s1. The van der Waals surface area contributed by atoms with Crippen LogP contribution in [0.2, 0.25) is 0 Å². The Morgan fingerprint density at radius 2 is 1.74 bits per heavy atom. The van der Waals surface area contributed by atoms with E-state index in [1.165, 1.54) is 24.3 Å². The SMILES string of the molecule is C[C@@H](N1CC(=O)N(c2ccc(OC(F)(F)C(F)F)cc2)CC1=O)[C@](O)(Cn1cncn1)c1ccc(F)cc1F. The van der Waals surface area contributed by atoms with Gasteiger partial charge in [0, 0.05) is 17.3 Å². The Hall–Kier alpha value is -4.14. The van der Waals surface area contributed by atoms with E-state index >= 15 is 0 Å². The number of amides is 2. The Balaban J connectivity index is 1.56.